The summed E-state index contributed by atoms with van der Waals surface area (Å²) in [5.74, 6) is -3.20. The van der Waals surface area contributed by atoms with Crippen LogP contribution in [0.1, 0.15) is 104 Å². The molecular weight excluding hydrogens is 1810 g/mol. The molecule has 0 aliphatic carbocycles. The fourth-order valence-electron chi connectivity index (χ4n) is 10.8. The van der Waals surface area contributed by atoms with Crippen LogP contribution < -0.4 is 47.3 Å². The van der Waals surface area contributed by atoms with Crippen LogP contribution in [0.3, 0.4) is 0 Å². The largest absolute Gasteiger partial charge is 0.508 e. The van der Waals surface area contributed by atoms with Crippen LogP contribution in [0.2, 0.25) is 0 Å². The topological polar surface area (TPSA) is 341 Å². The Morgan fingerprint density at radius 3 is 1.10 bits per heavy atom. The van der Waals surface area contributed by atoms with Crippen molar-refractivity contribution in [3.05, 3.63) is 328 Å². The van der Waals surface area contributed by atoms with E-state index in [2.05, 4.69) is 89.8 Å². The maximum Gasteiger partial charge on any atom is 0.488 e. The number of amides is 5. The summed E-state index contributed by atoms with van der Waals surface area (Å²) in [5, 5.41) is 49.5. The van der Waals surface area contributed by atoms with E-state index in [1.54, 1.807) is 142 Å². The van der Waals surface area contributed by atoms with Crippen molar-refractivity contribution in [2.75, 3.05) is 35.5 Å². The third kappa shape index (κ3) is 35.2. The molecule has 32 heteroatoms. The molecule has 0 aliphatic rings. The zero-order valence-electron chi connectivity index (χ0n) is 62.9. The Labute approximate surface area is 731 Å². The van der Waals surface area contributed by atoms with E-state index < -0.39 is 66.6 Å². The van der Waals surface area contributed by atoms with Gasteiger partial charge >= 0.3 is 28.2 Å². The normalized spacial score (nSPS) is 10.8. The summed E-state index contributed by atoms with van der Waals surface area (Å²) in [6.07, 6.45) is -0.150. The summed E-state index contributed by atoms with van der Waals surface area (Å²) in [6, 6.07) is 79.5. The fraction of sp³-hybridized carbons (Fsp3) is 0.140. The van der Waals surface area contributed by atoms with Crippen LogP contribution >= 0.6 is 86.4 Å². The molecule has 11 rings (SSSR count). The minimum atomic E-state index is -1.40. The Balaban J connectivity index is 0.000000286. The van der Waals surface area contributed by atoms with E-state index in [0.717, 1.165) is 54.7 Å². The number of carbonyl (C=O) groups excluding carboxylic acids is 7. The van der Waals surface area contributed by atoms with Crippen molar-refractivity contribution >= 4 is 182 Å². The number of carboxylic acid groups (broad SMARTS) is 1. The summed E-state index contributed by atoms with van der Waals surface area (Å²) in [4.78, 5) is 97.7. The molecule has 0 saturated carbocycles. The lowest BCUT2D eigenvalue weighted by Gasteiger charge is -2.19. The summed E-state index contributed by atoms with van der Waals surface area (Å²) >= 11 is 22.2. The van der Waals surface area contributed by atoms with Gasteiger partial charge in [-0.15, -0.1) is 70.5 Å². The van der Waals surface area contributed by atoms with Gasteiger partial charge in [-0.3, -0.25) is 24.0 Å². The van der Waals surface area contributed by atoms with Crippen LogP contribution in [0.15, 0.2) is 284 Å². The van der Waals surface area contributed by atoms with Crippen molar-refractivity contribution in [3.8, 4) is 39.5 Å². The van der Waals surface area contributed by atoms with Gasteiger partial charge in [-0.2, -0.15) is 0 Å². The van der Waals surface area contributed by atoms with E-state index in [9.17, 15) is 48.6 Å². The molecule has 0 aromatic heterocycles. The lowest BCUT2D eigenvalue weighted by molar-refractivity contribution is -0.117. The SMILES string of the molecule is BrB(Br)Br.C.COc1ccc(B(O)O)cc1.ClCCl.NC(CC(=O)Nc1ccccc1C(=O)O)c1ccc(-c2ccc(O)cc2)cc1.[B]C(=O)NC(CC(=O)Nc1ccccc1C(=O)OCc1ccccc1)c1ccc(-c2ccc(OC)cc2)cc1.[B]C(=O)NC(CC(=O)Nc1ccccc1C(=O)OCc1ccccc1)c1ccc(Br)cc1. The van der Waals surface area contributed by atoms with Crippen molar-refractivity contribution in [2.45, 2.75) is 58.0 Å². The molecule has 5 amide bonds. The molecule has 11 N–H and O–H groups in total. The third-order valence-electron chi connectivity index (χ3n) is 16.5. The molecule has 606 valence electrons. The van der Waals surface area contributed by atoms with E-state index in [1.807, 2.05) is 146 Å². The molecule has 3 unspecified atom stereocenters. The maximum absolute atomic E-state index is 13.0. The van der Waals surface area contributed by atoms with E-state index in [-0.39, 0.29) is 82.5 Å². The highest BCUT2D eigenvalue weighted by molar-refractivity contribution is 9.69. The Morgan fingerprint density at radius 2 is 0.746 bits per heavy atom. The molecule has 0 bridgehead atoms. The van der Waals surface area contributed by atoms with Crippen molar-refractivity contribution in [1.82, 2.24) is 10.6 Å². The molecule has 0 saturated heterocycles. The third-order valence-corrected chi connectivity index (χ3v) is 17.0. The summed E-state index contributed by atoms with van der Waals surface area (Å²) in [6.45, 7) is 0.231. The van der Waals surface area contributed by atoms with Crippen LogP contribution in [-0.4, -0.2) is 113 Å². The second-order valence-corrected chi connectivity index (χ2v) is 32.8. The van der Waals surface area contributed by atoms with Gasteiger partial charge in [-0.1, -0.05) is 217 Å². The van der Waals surface area contributed by atoms with Gasteiger partial charge in [0.05, 0.1) is 78.2 Å². The number of anilines is 3. The quantitative estimate of drug-likeness (QED) is 0.0137. The number of nitrogens with one attached hydrogen (secondary N) is 5. The van der Waals surface area contributed by atoms with E-state index >= 15 is 0 Å². The molecule has 22 nitrogen and oxygen atoms in total. The Bertz CT molecular complexity index is 4970. The van der Waals surface area contributed by atoms with Crippen LogP contribution in [0.4, 0.5) is 26.7 Å². The molecule has 11 aromatic rings. The number of phenolic OH excluding ortho intramolecular Hbond substituents is 1. The van der Waals surface area contributed by atoms with Crippen molar-refractivity contribution < 1.29 is 77.6 Å². The smallest absolute Gasteiger partial charge is 0.488 e. The summed E-state index contributed by atoms with van der Waals surface area (Å²) < 4.78 is 22.0. The first-order valence-electron chi connectivity index (χ1n) is 35.3. The van der Waals surface area contributed by atoms with Gasteiger partial charge in [0, 0.05) is 16.9 Å². The number of aromatic hydroxyl groups is 1. The second-order valence-electron chi connectivity index (χ2n) is 24.6. The van der Waals surface area contributed by atoms with Crippen LogP contribution in [0.5, 0.6) is 17.2 Å². The zero-order valence-corrected chi connectivity index (χ0v) is 70.7. The highest BCUT2D eigenvalue weighted by atomic mass is 79.9. The molecule has 118 heavy (non-hydrogen) atoms. The number of benzene rings is 11. The van der Waals surface area contributed by atoms with E-state index in [0.29, 0.717) is 28.2 Å². The molecule has 0 aliphatic heterocycles. The monoisotopic (exact) mass is 1880 g/mol. The Hall–Kier alpha value is -10.8. The number of aromatic carboxylic acids is 1. The number of esters is 2. The average molecular weight is 1890 g/mol. The highest BCUT2D eigenvalue weighted by Gasteiger charge is 2.23. The van der Waals surface area contributed by atoms with Crippen molar-refractivity contribution in [1.29, 1.82) is 0 Å². The summed E-state index contributed by atoms with van der Waals surface area (Å²) in [5.41, 5.74) is 15.8. The van der Waals surface area contributed by atoms with Gasteiger partial charge in [0.1, 0.15) is 30.5 Å². The average Bonchev–Trinajstić information content (AvgIpc) is 0.853. The molecular formula is C86H82B4Br4Cl2N6O16. The summed E-state index contributed by atoms with van der Waals surface area (Å²) in [7, 11) is 12.5. The first-order chi connectivity index (χ1) is 56.2. The number of carbonyl (C=O) groups is 8. The predicted octanol–water partition coefficient (Wildman–Crippen LogP) is 17.8. The van der Waals surface area contributed by atoms with Crippen molar-refractivity contribution in [3.63, 3.8) is 0 Å². The Morgan fingerprint density at radius 1 is 0.441 bits per heavy atom. The molecule has 0 heterocycles. The number of ether oxygens (including phenoxy) is 4. The van der Waals surface area contributed by atoms with Crippen LogP contribution in [0, 0.1) is 0 Å². The minimum absolute atomic E-state index is 0. The van der Waals surface area contributed by atoms with Gasteiger partial charge in [0.15, 0.2) is 11.6 Å². The minimum Gasteiger partial charge on any atom is -0.508 e. The lowest BCUT2D eigenvalue weighted by Crippen LogP contribution is -2.30. The number of rotatable bonds is 26. The van der Waals surface area contributed by atoms with Gasteiger partial charge in [-0.05, 0) is 140 Å². The van der Waals surface area contributed by atoms with Gasteiger partial charge in [0.2, 0.25) is 33.4 Å². The van der Waals surface area contributed by atoms with E-state index in [4.69, 9.17) is 73.6 Å². The molecule has 3 atom stereocenters. The standard InChI is InChI=1S/C31H27BN2O5.C24H20BBrN2O4.C22H20N2O4.C7H9BO3.CH2Cl2.CH4.BBr3/c1-38-25-17-15-23(16-18-25)22-11-13-24(14-12-22)28(34-31(32)37)19-29(35)33-27-10-6-5-9-26(27)30(36)39-20-21-7-3-2-4-8-21;25-24(31)28-21(17-10-12-18(26)13-11-17)14-22(29)27-20-9-5-4-8-19(20)23(30)32-15-16-6-2-1-3-7-16;23-19(13-21(26)24-20-4-2-1-3-18(20)22(27)28)16-7-5-14(6-8-16)15-9-11-17(25)12-10-15;1-11-7-4-2-6(3-5-7)8(9)10;2-1-3;;2-1(3)4/h2-18,28H,19-20H2,1H3,(H,33,35)(H,34,37);1-13,21H,14-15H2,(H,27,29)(H,28,31);1-12,19,25H,13,23H2,(H,24,26)(H,27,28);2-5,9-10H,1H3;1H2;1H4;. The maximum atomic E-state index is 13.0. The fourth-order valence-corrected chi connectivity index (χ4v) is 11.1. The van der Waals surface area contributed by atoms with Crippen LogP contribution in [0.25, 0.3) is 22.3 Å². The number of alkyl halides is 2. The predicted molar refractivity (Wildman–Crippen MR) is 483 cm³/mol. The number of methoxy groups -OCH3 is 2. The van der Waals surface area contributed by atoms with Gasteiger partial charge < -0.3 is 71.5 Å². The second kappa shape index (κ2) is 52.8. The Kier molecular flexibility index (Phi) is 43.8. The van der Waals surface area contributed by atoms with Gasteiger partial charge in [0.25, 0.3) is 0 Å². The number of halogens is 6. The molecule has 4 radical (unpaired) electrons. The number of hydrogen-bond donors (Lipinski definition) is 10. The number of nitrogens with two attached hydrogens (primary N) is 1. The number of phenols is 1. The molecule has 11 aromatic carbocycles. The first kappa shape index (κ1) is 97.8. The lowest BCUT2D eigenvalue weighted by atomic mass is 9.80. The first-order valence-corrected chi connectivity index (χ1v) is 39.9. The number of carboxylic acids is 1. The van der Waals surface area contributed by atoms with E-state index in [1.165, 1.54) is 6.07 Å². The molecule has 0 fully saturated rings. The number of hydrogen-bond acceptors (Lipinski definition) is 16. The number of para-hydroxylation sites is 3. The molecule has 0 spiro atoms. The zero-order chi connectivity index (χ0) is 85.2. The van der Waals surface area contributed by atoms with Gasteiger partial charge in [-0.25, -0.2) is 14.4 Å². The highest BCUT2D eigenvalue weighted by Crippen LogP contribution is 2.30. The van der Waals surface area contributed by atoms with Crippen LogP contribution in [-0.2, 0) is 37.1 Å². The van der Waals surface area contributed by atoms with Crippen molar-refractivity contribution in [2.24, 2.45) is 5.73 Å².